The van der Waals surface area contributed by atoms with Crippen LogP contribution >= 0.6 is 0 Å². The molecule has 0 amide bonds. The first-order valence-corrected chi connectivity index (χ1v) is 13.8. The van der Waals surface area contributed by atoms with Crippen LogP contribution in [0.5, 0.6) is 0 Å². The van der Waals surface area contributed by atoms with Crippen LogP contribution in [0.4, 0.5) is 0 Å². The lowest BCUT2D eigenvalue weighted by atomic mass is 9.78. The van der Waals surface area contributed by atoms with Crippen LogP contribution in [-0.4, -0.2) is 77.3 Å². The molecule has 0 N–H and O–H groups in total. The average Bonchev–Trinajstić information content (AvgIpc) is 2.72. The van der Waals surface area contributed by atoms with Gasteiger partial charge in [0.2, 0.25) is 0 Å². The molecule has 2 heterocycles. The van der Waals surface area contributed by atoms with E-state index in [1.807, 2.05) is 6.92 Å². The zero-order chi connectivity index (χ0) is 28.6. The van der Waals surface area contributed by atoms with Gasteiger partial charge in [-0.1, -0.05) is 13.5 Å². The molecule has 2 atom stereocenters. The van der Waals surface area contributed by atoms with E-state index in [0.717, 1.165) is 25.7 Å². The standard InChI is InChI=1S/C30H54N2O5/c1-20(14-21(2)36-22-16-27(3,4)31(11)28(5,6)17-22)24(15-25(33)35-13)26(34)37-23-18-29(7,8)32(12)30(9,10)19-23/h20,22-24H,2,14-19H2,1,3-13H3. The Bertz CT molecular complexity index is 811. The van der Waals surface area contributed by atoms with Gasteiger partial charge in [-0.05, 0) is 75.4 Å². The summed E-state index contributed by atoms with van der Waals surface area (Å²) in [5.41, 5.74) is -0.196. The molecule has 0 saturated carbocycles. The summed E-state index contributed by atoms with van der Waals surface area (Å²) in [6.07, 6.45) is 3.60. The lowest BCUT2D eigenvalue weighted by molar-refractivity contribution is -0.168. The molecule has 0 aromatic rings. The fourth-order valence-electron chi connectivity index (χ4n) is 6.54. The zero-order valence-electron chi connectivity index (χ0n) is 25.7. The molecule has 214 valence electrons. The first-order chi connectivity index (χ1) is 16.7. The number of carbonyl (C=O) groups excluding carboxylic acids is 2. The largest absolute Gasteiger partial charge is 0.495 e. The molecule has 0 bridgehead atoms. The van der Waals surface area contributed by atoms with Crippen LogP contribution in [0.3, 0.4) is 0 Å². The molecule has 0 aromatic carbocycles. The molecule has 2 fully saturated rings. The van der Waals surface area contributed by atoms with Crippen molar-refractivity contribution in [2.75, 3.05) is 21.2 Å². The number of rotatable bonds is 9. The number of ether oxygens (including phenoxy) is 3. The summed E-state index contributed by atoms with van der Waals surface area (Å²) in [5, 5.41) is 0. The number of nitrogens with zero attached hydrogens (tertiary/aromatic N) is 2. The van der Waals surface area contributed by atoms with Gasteiger partial charge in [0.15, 0.2) is 0 Å². The SMILES string of the molecule is C=C(CC(C)C(CC(=O)OC)C(=O)OC1CC(C)(C)N(C)C(C)(C)C1)OC1CC(C)(C)N(C)C(C)(C)C1. The first-order valence-electron chi connectivity index (χ1n) is 13.8. The Morgan fingerprint density at radius 1 is 0.784 bits per heavy atom. The minimum Gasteiger partial charge on any atom is -0.495 e. The molecule has 0 aromatic heterocycles. The Balaban J connectivity index is 2.09. The molecule has 37 heavy (non-hydrogen) atoms. The van der Waals surface area contributed by atoms with Crippen molar-refractivity contribution in [3.05, 3.63) is 12.3 Å². The van der Waals surface area contributed by atoms with Crippen LogP contribution in [0.25, 0.3) is 0 Å². The fourth-order valence-corrected chi connectivity index (χ4v) is 6.54. The highest BCUT2D eigenvalue weighted by molar-refractivity contribution is 5.80. The summed E-state index contributed by atoms with van der Waals surface area (Å²) in [7, 11) is 5.64. The molecule has 0 radical (unpaired) electrons. The molecule has 7 heteroatoms. The molecule has 2 saturated heterocycles. The van der Waals surface area contributed by atoms with E-state index >= 15 is 0 Å². The number of allylic oxidation sites excluding steroid dienone is 1. The third kappa shape index (κ3) is 7.72. The number of carbonyl (C=O) groups is 2. The molecule has 2 rings (SSSR count). The van der Waals surface area contributed by atoms with Crippen molar-refractivity contribution in [2.24, 2.45) is 11.8 Å². The molecule has 0 spiro atoms. The number of hydrogen-bond acceptors (Lipinski definition) is 7. The van der Waals surface area contributed by atoms with Crippen molar-refractivity contribution in [3.8, 4) is 0 Å². The Morgan fingerprint density at radius 3 is 1.54 bits per heavy atom. The summed E-state index contributed by atoms with van der Waals surface area (Å²) in [6.45, 7) is 23.8. The quantitative estimate of drug-likeness (QED) is 0.290. The highest BCUT2D eigenvalue weighted by Crippen LogP contribution is 2.40. The summed E-state index contributed by atoms with van der Waals surface area (Å²) < 4.78 is 17.4. The van der Waals surface area contributed by atoms with Crippen molar-refractivity contribution < 1.29 is 23.8 Å². The molecule has 7 nitrogen and oxygen atoms in total. The van der Waals surface area contributed by atoms with Gasteiger partial charge in [-0.25, -0.2) is 0 Å². The van der Waals surface area contributed by atoms with Gasteiger partial charge in [0.05, 0.1) is 25.2 Å². The summed E-state index contributed by atoms with van der Waals surface area (Å²) in [5.74, 6) is -0.905. The third-order valence-electron chi connectivity index (χ3n) is 9.31. The van der Waals surface area contributed by atoms with E-state index in [1.165, 1.54) is 7.11 Å². The van der Waals surface area contributed by atoms with E-state index in [4.69, 9.17) is 14.2 Å². The predicted molar refractivity (Wildman–Crippen MR) is 148 cm³/mol. The van der Waals surface area contributed by atoms with Crippen LogP contribution in [0.1, 0.15) is 101 Å². The lowest BCUT2D eigenvalue weighted by Gasteiger charge is -2.53. The van der Waals surface area contributed by atoms with Gasteiger partial charge in [0.1, 0.15) is 12.2 Å². The summed E-state index contributed by atoms with van der Waals surface area (Å²) in [6, 6.07) is 0. The highest BCUT2D eigenvalue weighted by Gasteiger charge is 2.46. The van der Waals surface area contributed by atoms with Gasteiger partial charge in [-0.3, -0.25) is 19.4 Å². The second-order valence-electron chi connectivity index (χ2n) is 14.1. The van der Waals surface area contributed by atoms with Gasteiger partial charge >= 0.3 is 11.9 Å². The molecule has 2 aliphatic heterocycles. The van der Waals surface area contributed by atoms with Crippen LogP contribution in [0.15, 0.2) is 12.3 Å². The minimum absolute atomic E-state index is 0.00512. The Hall–Kier alpha value is -1.60. The van der Waals surface area contributed by atoms with Crippen molar-refractivity contribution in [1.82, 2.24) is 9.80 Å². The van der Waals surface area contributed by atoms with Crippen molar-refractivity contribution in [2.45, 2.75) is 135 Å². The van der Waals surface area contributed by atoms with Crippen LogP contribution in [0.2, 0.25) is 0 Å². The van der Waals surface area contributed by atoms with Crippen molar-refractivity contribution in [1.29, 1.82) is 0 Å². The maximum absolute atomic E-state index is 13.5. The van der Waals surface area contributed by atoms with E-state index in [9.17, 15) is 9.59 Å². The normalized spacial score (nSPS) is 25.6. The average molecular weight is 523 g/mol. The minimum atomic E-state index is -0.621. The van der Waals surface area contributed by atoms with E-state index in [0.29, 0.717) is 12.2 Å². The summed E-state index contributed by atoms with van der Waals surface area (Å²) in [4.78, 5) is 30.5. The van der Waals surface area contributed by atoms with Gasteiger partial charge in [0.25, 0.3) is 0 Å². The molecular formula is C30H54N2O5. The summed E-state index contributed by atoms with van der Waals surface area (Å²) >= 11 is 0. The second-order valence-corrected chi connectivity index (χ2v) is 14.1. The topological polar surface area (TPSA) is 68.3 Å². The molecule has 0 aliphatic carbocycles. The molecular weight excluding hydrogens is 468 g/mol. The monoisotopic (exact) mass is 522 g/mol. The Kier molecular flexibility index (Phi) is 9.61. The maximum Gasteiger partial charge on any atom is 0.310 e. The number of methoxy groups -OCH3 is 1. The van der Waals surface area contributed by atoms with Crippen molar-refractivity contribution in [3.63, 3.8) is 0 Å². The predicted octanol–water partition coefficient (Wildman–Crippen LogP) is 5.57. The second kappa shape index (κ2) is 11.3. The highest BCUT2D eigenvalue weighted by atomic mass is 16.5. The van der Waals surface area contributed by atoms with Gasteiger partial charge in [0, 0.05) is 54.3 Å². The Labute approximate surface area is 226 Å². The van der Waals surface area contributed by atoms with E-state index in [-0.39, 0.29) is 52.7 Å². The van der Waals surface area contributed by atoms with E-state index in [2.05, 4.69) is 85.9 Å². The molecule has 2 aliphatic rings. The van der Waals surface area contributed by atoms with Crippen molar-refractivity contribution >= 4 is 11.9 Å². The van der Waals surface area contributed by atoms with Crippen LogP contribution in [0, 0.1) is 11.8 Å². The number of hydrogen-bond donors (Lipinski definition) is 0. The lowest BCUT2D eigenvalue weighted by Crippen LogP contribution is -2.60. The maximum atomic E-state index is 13.5. The number of esters is 2. The number of likely N-dealkylation sites (tertiary alicyclic amines) is 2. The van der Waals surface area contributed by atoms with Crippen LogP contribution < -0.4 is 0 Å². The Morgan fingerprint density at radius 2 is 1.16 bits per heavy atom. The zero-order valence-corrected chi connectivity index (χ0v) is 25.7. The van der Waals surface area contributed by atoms with E-state index < -0.39 is 11.9 Å². The van der Waals surface area contributed by atoms with E-state index in [1.54, 1.807) is 0 Å². The smallest absolute Gasteiger partial charge is 0.310 e. The fraction of sp³-hybridized carbons (Fsp3) is 0.867. The van der Waals surface area contributed by atoms with Gasteiger partial charge in [-0.2, -0.15) is 0 Å². The van der Waals surface area contributed by atoms with Gasteiger partial charge in [-0.15, -0.1) is 0 Å². The first kappa shape index (κ1) is 31.6. The molecule has 2 unspecified atom stereocenters. The van der Waals surface area contributed by atoms with Crippen LogP contribution in [-0.2, 0) is 23.8 Å². The third-order valence-corrected chi connectivity index (χ3v) is 9.31. The number of piperidine rings is 2. The van der Waals surface area contributed by atoms with Gasteiger partial charge < -0.3 is 14.2 Å².